The fourth-order valence-corrected chi connectivity index (χ4v) is 2.84. The highest BCUT2D eigenvalue weighted by Crippen LogP contribution is 2.42. The molecule has 0 spiro atoms. The van der Waals surface area contributed by atoms with Crippen LogP contribution in [-0.2, 0) is 0 Å². The van der Waals surface area contributed by atoms with Gasteiger partial charge in [0, 0.05) is 15.4 Å². The van der Waals surface area contributed by atoms with E-state index in [0.717, 1.165) is 21.4 Å². The van der Waals surface area contributed by atoms with Crippen molar-refractivity contribution in [1.29, 1.82) is 0 Å². The molecule has 1 aromatic carbocycles. The summed E-state index contributed by atoms with van der Waals surface area (Å²) in [7, 11) is 0. The minimum atomic E-state index is -0.764. The van der Waals surface area contributed by atoms with Crippen LogP contribution in [0.3, 0.4) is 0 Å². The number of halogens is 1. The second-order valence-corrected chi connectivity index (χ2v) is 6.23. The summed E-state index contributed by atoms with van der Waals surface area (Å²) in [6.07, 6.45) is -0.764. The first-order valence-electron chi connectivity index (χ1n) is 5.78. The average molecular weight is 358 g/mol. The SMILES string of the molecule is Cc1ccc(Br)cc1Oc1sc([C@H](C)O)cc1[N+](=O)[O-]. The molecule has 106 valence electrons. The van der Waals surface area contributed by atoms with Crippen molar-refractivity contribution in [2.45, 2.75) is 20.0 Å². The molecule has 0 fully saturated rings. The highest BCUT2D eigenvalue weighted by molar-refractivity contribution is 9.10. The molecule has 1 aromatic heterocycles. The third kappa shape index (κ3) is 3.17. The second kappa shape index (κ2) is 5.90. The van der Waals surface area contributed by atoms with Crippen LogP contribution >= 0.6 is 27.3 Å². The van der Waals surface area contributed by atoms with E-state index >= 15 is 0 Å². The van der Waals surface area contributed by atoms with Gasteiger partial charge in [-0.2, -0.15) is 0 Å². The van der Waals surface area contributed by atoms with Gasteiger partial charge in [0.25, 0.3) is 5.06 Å². The van der Waals surface area contributed by atoms with Crippen LogP contribution in [0.4, 0.5) is 5.69 Å². The summed E-state index contributed by atoms with van der Waals surface area (Å²) in [6.45, 7) is 3.42. The number of aliphatic hydroxyl groups excluding tert-OH is 1. The van der Waals surface area contributed by atoms with Gasteiger partial charge in [0.05, 0.1) is 11.0 Å². The molecule has 2 aromatic rings. The molecule has 7 heteroatoms. The lowest BCUT2D eigenvalue weighted by molar-refractivity contribution is -0.385. The molecular formula is C13H12BrNO4S. The van der Waals surface area contributed by atoms with Gasteiger partial charge >= 0.3 is 5.69 Å². The van der Waals surface area contributed by atoms with Crippen LogP contribution in [0.1, 0.15) is 23.5 Å². The summed E-state index contributed by atoms with van der Waals surface area (Å²) in [5.74, 6) is 0.543. The van der Waals surface area contributed by atoms with E-state index < -0.39 is 11.0 Å². The van der Waals surface area contributed by atoms with Crippen LogP contribution in [0.5, 0.6) is 10.8 Å². The zero-order valence-electron chi connectivity index (χ0n) is 10.8. The third-order valence-electron chi connectivity index (χ3n) is 2.66. The van der Waals surface area contributed by atoms with Gasteiger partial charge in [-0.1, -0.05) is 33.3 Å². The van der Waals surface area contributed by atoms with Crippen LogP contribution in [0.2, 0.25) is 0 Å². The van der Waals surface area contributed by atoms with E-state index in [1.807, 2.05) is 19.1 Å². The zero-order chi connectivity index (χ0) is 14.9. The largest absolute Gasteiger partial charge is 0.440 e. The highest BCUT2D eigenvalue weighted by atomic mass is 79.9. The van der Waals surface area contributed by atoms with Crippen LogP contribution in [-0.4, -0.2) is 10.0 Å². The Morgan fingerprint density at radius 2 is 2.15 bits per heavy atom. The molecule has 0 saturated heterocycles. The first-order valence-corrected chi connectivity index (χ1v) is 7.39. The lowest BCUT2D eigenvalue weighted by atomic mass is 10.2. The molecule has 0 unspecified atom stereocenters. The van der Waals surface area contributed by atoms with E-state index in [9.17, 15) is 15.2 Å². The number of ether oxygens (including phenoxy) is 1. The predicted molar refractivity (Wildman–Crippen MR) is 80.6 cm³/mol. The lowest BCUT2D eigenvalue weighted by Crippen LogP contribution is -1.91. The van der Waals surface area contributed by atoms with Crippen molar-refractivity contribution >= 4 is 33.0 Å². The lowest BCUT2D eigenvalue weighted by Gasteiger charge is -2.06. The van der Waals surface area contributed by atoms with Gasteiger partial charge in [-0.25, -0.2) is 0 Å². The van der Waals surface area contributed by atoms with Gasteiger partial charge in [-0.05, 0) is 31.5 Å². The Labute approximate surface area is 128 Å². The van der Waals surface area contributed by atoms with E-state index in [2.05, 4.69) is 15.9 Å². The van der Waals surface area contributed by atoms with E-state index in [-0.39, 0.29) is 10.8 Å². The molecule has 1 N–H and O–H groups in total. The Hall–Kier alpha value is -1.44. The quantitative estimate of drug-likeness (QED) is 0.642. The van der Waals surface area contributed by atoms with Gasteiger partial charge in [0.2, 0.25) is 0 Å². The molecule has 2 rings (SSSR count). The molecule has 0 saturated carbocycles. The average Bonchev–Trinajstić information content (AvgIpc) is 2.78. The standard InChI is InChI=1S/C13H12BrNO4S/c1-7-3-4-9(14)5-11(7)19-13-10(15(17)18)6-12(20-13)8(2)16/h3-6,8,16H,1-2H3/t8-/m0/s1. The molecule has 0 aliphatic rings. The van der Waals surface area contributed by atoms with Crippen molar-refractivity contribution in [2.75, 3.05) is 0 Å². The molecule has 1 heterocycles. The Morgan fingerprint density at radius 1 is 1.45 bits per heavy atom. The fourth-order valence-electron chi connectivity index (χ4n) is 1.57. The summed E-state index contributed by atoms with van der Waals surface area (Å²) >= 11 is 4.41. The summed E-state index contributed by atoms with van der Waals surface area (Å²) in [5.41, 5.74) is 0.736. The maximum atomic E-state index is 11.0. The number of benzene rings is 1. The summed E-state index contributed by atoms with van der Waals surface area (Å²) in [4.78, 5) is 11.0. The molecule has 0 amide bonds. The van der Waals surface area contributed by atoms with Crippen LogP contribution in [0.15, 0.2) is 28.7 Å². The Balaban J connectivity index is 2.42. The van der Waals surface area contributed by atoms with E-state index in [1.165, 1.54) is 6.07 Å². The first kappa shape index (κ1) is 15.0. The normalized spacial score (nSPS) is 12.2. The van der Waals surface area contributed by atoms with Crippen LogP contribution < -0.4 is 4.74 Å². The van der Waals surface area contributed by atoms with Crippen LogP contribution in [0, 0.1) is 17.0 Å². The number of nitro groups is 1. The smallest absolute Gasteiger partial charge is 0.323 e. The third-order valence-corrected chi connectivity index (χ3v) is 4.33. The minimum absolute atomic E-state index is 0.134. The monoisotopic (exact) mass is 357 g/mol. The number of aliphatic hydroxyl groups is 1. The number of hydrogen-bond acceptors (Lipinski definition) is 5. The molecule has 0 bridgehead atoms. The van der Waals surface area contributed by atoms with Gasteiger partial charge in [0.1, 0.15) is 5.75 Å². The Kier molecular flexibility index (Phi) is 4.42. The molecule has 0 aliphatic heterocycles. The second-order valence-electron chi connectivity index (χ2n) is 4.27. The van der Waals surface area contributed by atoms with Crippen molar-refractivity contribution in [3.05, 3.63) is 49.3 Å². The predicted octanol–water partition coefficient (Wildman–Crippen LogP) is 4.57. The number of aryl methyl sites for hydroxylation is 1. The van der Waals surface area contributed by atoms with Gasteiger partial charge in [-0.3, -0.25) is 10.1 Å². The van der Waals surface area contributed by atoms with E-state index in [1.54, 1.807) is 13.0 Å². The van der Waals surface area contributed by atoms with Gasteiger partial charge in [-0.15, -0.1) is 0 Å². The summed E-state index contributed by atoms with van der Waals surface area (Å²) < 4.78 is 6.48. The zero-order valence-corrected chi connectivity index (χ0v) is 13.2. The molecule has 20 heavy (non-hydrogen) atoms. The molecule has 5 nitrogen and oxygen atoms in total. The number of thiophene rings is 1. The van der Waals surface area contributed by atoms with Crippen molar-refractivity contribution in [3.63, 3.8) is 0 Å². The molecule has 1 atom stereocenters. The molecule has 0 radical (unpaired) electrons. The fraction of sp³-hybridized carbons (Fsp3) is 0.231. The molecular weight excluding hydrogens is 346 g/mol. The maximum absolute atomic E-state index is 11.0. The summed E-state index contributed by atoms with van der Waals surface area (Å²) in [5, 5.41) is 20.7. The number of nitrogens with zero attached hydrogens (tertiary/aromatic N) is 1. The maximum Gasteiger partial charge on any atom is 0.323 e. The Bertz CT molecular complexity index is 654. The van der Waals surface area contributed by atoms with E-state index in [0.29, 0.717) is 10.6 Å². The van der Waals surface area contributed by atoms with Crippen molar-refractivity contribution in [2.24, 2.45) is 0 Å². The minimum Gasteiger partial charge on any atom is -0.440 e. The van der Waals surface area contributed by atoms with Crippen molar-refractivity contribution in [3.8, 4) is 10.8 Å². The van der Waals surface area contributed by atoms with E-state index in [4.69, 9.17) is 4.74 Å². The van der Waals surface area contributed by atoms with Crippen molar-refractivity contribution in [1.82, 2.24) is 0 Å². The number of rotatable bonds is 4. The van der Waals surface area contributed by atoms with Crippen LogP contribution in [0.25, 0.3) is 0 Å². The first-order chi connectivity index (χ1) is 9.38. The van der Waals surface area contributed by atoms with Gasteiger partial charge < -0.3 is 9.84 Å². The topological polar surface area (TPSA) is 72.6 Å². The number of hydrogen-bond donors (Lipinski definition) is 1. The molecule has 0 aliphatic carbocycles. The highest BCUT2D eigenvalue weighted by Gasteiger charge is 2.23. The van der Waals surface area contributed by atoms with Crippen molar-refractivity contribution < 1.29 is 14.8 Å². The summed E-state index contributed by atoms with van der Waals surface area (Å²) in [6, 6.07) is 6.82. The van der Waals surface area contributed by atoms with Gasteiger partial charge in [0.15, 0.2) is 0 Å². The Morgan fingerprint density at radius 3 is 2.75 bits per heavy atom.